The molecule has 0 aliphatic carbocycles. The molecule has 4 heteroatoms. The molecule has 1 heterocycles. The van der Waals surface area contributed by atoms with Crippen LogP contribution in [0.3, 0.4) is 0 Å². The Morgan fingerprint density at radius 3 is 3.07 bits per heavy atom. The lowest BCUT2D eigenvalue weighted by molar-refractivity contribution is 0.331. The summed E-state index contributed by atoms with van der Waals surface area (Å²) in [4.78, 5) is 0. The number of nitriles is 1. The second kappa shape index (κ2) is 3.20. The Morgan fingerprint density at radius 2 is 2.43 bits per heavy atom. The van der Waals surface area contributed by atoms with Crippen LogP contribution in [0.4, 0.5) is 0 Å². The Kier molecular flexibility index (Phi) is 2.02. The maximum Gasteiger partial charge on any atom is 0.140 e. The first kappa shape index (κ1) is 8.85. The normalized spacial score (nSPS) is 18.2. The van der Waals surface area contributed by atoms with Gasteiger partial charge in [0.15, 0.2) is 0 Å². The molecule has 1 aromatic rings. The molecule has 1 aromatic carbocycles. The molecule has 14 heavy (non-hydrogen) atoms. The van der Waals surface area contributed by atoms with E-state index in [1.165, 1.54) is 7.11 Å². The van der Waals surface area contributed by atoms with Crippen molar-refractivity contribution in [1.29, 1.82) is 5.26 Å². The van der Waals surface area contributed by atoms with Crippen LogP contribution in [0.2, 0.25) is 0 Å². The van der Waals surface area contributed by atoms with Gasteiger partial charge in [0.2, 0.25) is 0 Å². The van der Waals surface area contributed by atoms with Gasteiger partial charge in [0, 0.05) is 11.6 Å². The topological polar surface area (TPSA) is 68.3 Å². The van der Waals surface area contributed by atoms with Crippen LogP contribution in [0.25, 0.3) is 0 Å². The number of nitrogens with zero attached hydrogens (tertiary/aromatic N) is 1. The quantitative estimate of drug-likeness (QED) is 0.716. The fourth-order valence-electron chi connectivity index (χ4n) is 1.52. The van der Waals surface area contributed by atoms with E-state index in [2.05, 4.69) is 6.07 Å². The average Bonchev–Trinajstić information content (AvgIpc) is 2.58. The van der Waals surface area contributed by atoms with E-state index in [0.29, 0.717) is 23.7 Å². The Morgan fingerprint density at radius 1 is 1.64 bits per heavy atom. The molecule has 0 spiro atoms. The van der Waals surface area contributed by atoms with Gasteiger partial charge in [0.1, 0.15) is 24.2 Å². The molecule has 2 rings (SSSR count). The molecule has 1 aliphatic rings. The molecule has 0 amide bonds. The predicted octanol–water partition coefficient (Wildman–Crippen LogP) is 0.959. The van der Waals surface area contributed by atoms with Gasteiger partial charge in [-0.2, -0.15) is 5.26 Å². The van der Waals surface area contributed by atoms with Crippen molar-refractivity contribution in [2.45, 2.75) is 6.04 Å². The largest absolute Gasteiger partial charge is 0.495 e. The first-order valence-electron chi connectivity index (χ1n) is 4.26. The zero-order valence-electron chi connectivity index (χ0n) is 7.78. The van der Waals surface area contributed by atoms with Gasteiger partial charge in [-0.25, -0.2) is 0 Å². The summed E-state index contributed by atoms with van der Waals surface area (Å²) in [6.07, 6.45) is 0. The average molecular weight is 190 g/mol. The number of methoxy groups -OCH3 is 1. The van der Waals surface area contributed by atoms with Crippen LogP contribution in [-0.2, 0) is 0 Å². The van der Waals surface area contributed by atoms with E-state index in [-0.39, 0.29) is 6.04 Å². The molecule has 0 fully saturated rings. The van der Waals surface area contributed by atoms with Gasteiger partial charge < -0.3 is 15.2 Å². The Bertz CT molecular complexity index is 409. The molecule has 1 atom stereocenters. The maximum absolute atomic E-state index is 8.86. The van der Waals surface area contributed by atoms with Gasteiger partial charge in [0.25, 0.3) is 0 Å². The zero-order chi connectivity index (χ0) is 10.1. The van der Waals surface area contributed by atoms with E-state index in [4.69, 9.17) is 20.5 Å². The van der Waals surface area contributed by atoms with Crippen molar-refractivity contribution in [1.82, 2.24) is 0 Å². The van der Waals surface area contributed by atoms with E-state index in [9.17, 15) is 0 Å². The summed E-state index contributed by atoms with van der Waals surface area (Å²) in [7, 11) is 1.53. The molecule has 0 saturated heterocycles. The van der Waals surface area contributed by atoms with Gasteiger partial charge in [-0.1, -0.05) is 0 Å². The fraction of sp³-hybridized carbons (Fsp3) is 0.300. The van der Waals surface area contributed by atoms with Crippen LogP contribution < -0.4 is 15.2 Å². The van der Waals surface area contributed by atoms with Crippen molar-refractivity contribution in [3.63, 3.8) is 0 Å². The smallest absolute Gasteiger partial charge is 0.140 e. The molecule has 4 nitrogen and oxygen atoms in total. The number of rotatable bonds is 1. The highest BCUT2D eigenvalue weighted by molar-refractivity contribution is 5.54. The summed E-state index contributed by atoms with van der Waals surface area (Å²) in [5.41, 5.74) is 7.16. The van der Waals surface area contributed by atoms with Gasteiger partial charge in [-0.3, -0.25) is 0 Å². The SMILES string of the molecule is COc1cc2c(cc1C#N)C(N)CO2. The number of fused-ring (bicyclic) bond motifs is 1. The lowest BCUT2D eigenvalue weighted by Gasteiger charge is -2.06. The minimum Gasteiger partial charge on any atom is -0.495 e. The van der Waals surface area contributed by atoms with Crippen LogP contribution in [-0.4, -0.2) is 13.7 Å². The van der Waals surface area contributed by atoms with Gasteiger partial charge in [-0.15, -0.1) is 0 Å². The van der Waals surface area contributed by atoms with Crippen molar-refractivity contribution < 1.29 is 9.47 Å². The third-order valence-corrected chi connectivity index (χ3v) is 2.27. The minimum atomic E-state index is -0.136. The van der Waals surface area contributed by atoms with Crippen LogP contribution >= 0.6 is 0 Å². The number of hydrogen-bond donors (Lipinski definition) is 1. The third kappa shape index (κ3) is 1.19. The van der Waals surface area contributed by atoms with E-state index in [1.807, 2.05) is 0 Å². The monoisotopic (exact) mass is 190 g/mol. The highest BCUT2D eigenvalue weighted by Gasteiger charge is 2.23. The molecule has 2 N–H and O–H groups in total. The molecule has 0 aromatic heterocycles. The summed E-state index contributed by atoms with van der Waals surface area (Å²) in [5.74, 6) is 1.24. The maximum atomic E-state index is 8.86. The van der Waals surface area contributed by atoms with E-state index < -0.39 is 0 Å². The van der Waals surface area contributed by atoms with E-state index in [1.54, 1.807) is 12.1 Å². The molecule has 0 bridgehead atoms. The van der Waals surface area contributed by atoms with E-state index in [0.717, 1.165) is 5.56 Å². The second-order valence-electron chi connectivity index (χ2n) is 3.12. The molecular formula is C10H10N2O2. The van der Waals surface area contributed by atoms with Crippen LogP contribution in [0.1, 0.15) is 17.2 Å². The van der Waals surface area contributed by atoms with Gasteiger partial charge in [0.05, 0.1) is 18.7 Å². The summed E-state index contributed by atoms with van der Waals surface area (Å²) in [6.45, 7) is 0.466. The van der Waals surface area contributed by atoms with Crippen molar-refractivity contribution in [2.24, 2.45) is 5.73 Å². The Balaban J connectivity index is 2.56. The second-order valence-corrected chi connectivity index (χ2v) is 3.12. The zero-order valence-corrected chi connectivity index (χ0v) is 7.78. The van der Waals surface area contributed by atoms with Crippen molar-refractivity contribution >= 4 is 0 Å². The number of ether oxygens (including phenoxy) is 2. The predicted molar refractivity (Wildman–Crippen MR) is 50.1 cm³/mol. The van der Waals surface area contributed by atoms with Crippen molar-refractivity contribution in [2.75, 3.05) is 13.7 Å². The molecule has 0 saturated carbocycles. The minimum absolute atomic E-state index is 0.136. The summed E-state index contributed by atoms with van der Waals surface area (Å²) >= 11 is 0. The lowest BCUT2D eigenvalue weighted by Crippen LogP contribution is -2.10. The molecule has 1 aliphatic heterocycles. The van der Waals surface area contributed by atoms with Crippen molar-refractivity contribution in [3.05, 3.63) is 23.3 Å². The third-order valence-electron chi connectivity index (χ3n) is 2.27. The molecule has 0 radical (unpaired) electrons. The number of benzene rings is 1. The van der Waals surface area contributed by atoms with Crippen LogP contribution in [0.5, 0.6) is 11.5 Å². The van der Waals surface area contributed by atoms with Crippen LogP contribution in [0.15, 0.2) is 12.1 Å². The Hall–Kier alpha value is -1.73. The summed E-state index contributed by atoms with van der Waals surface area (Å²) in [6, 6.07) is 5.36. The molecule has 1 unspecified atom stereocenters. The Labute approximate surface area is 81.8 Å². The first-order valence-corrected chi connectivity index (χ1v) is 4.26. The highest BCUT2D eigenvalue weighted by Crippen LogP contribution is 2.36. The number of hydrogen-bond acceptors (Lipinski definition) is 4. The standard InChI is InChI=1S/C10H10N2O2/c1-13-9-3-10-7(2-6(9)4-11)8(12)5-14-10/h2-3,8H,5,12H2,1H3. The van der Waals surface area contributed by atoms with Crippen molar-refractivity contribution in [3.8, 4) is 17.6 Å². The molecular weight excluding hydrogens is 180 g/mol. The fourth-order valence-corrected chi connectivity index (χ4v) is 1.52. The van der Waals surface area contributed by atoms with E-state index >= 15 is 0 Å². The molecule has 72 valence electrons. The van der Waals surface area contributed by atoms with Crippen LogP contribution in [0, 0.1) is 11.3 Å². The first-order chi connectivity index (χ1) is 6.76. The van der Waals surface area contributed by atoms with Gasteiger partial charge in [-0.05, 0) is 6.07 Å². The summed E-state index contributed by atoms with van der Waals surface area (Å²) < 4.78 is 10.4. The van der Waals surface area contributed by atoms with Gasteiger partial charge >= 0.3 is 0 Å². The lowest BCUT2D eigenvalue weighted by atomic mass is 10.1. The number of nitrogens with two attached hydrogens (primary N) is 1. The highest BCUT2D eigenvalue weighted by atomic mass is 16.5. The summed E-state index contributed by atoms with van der Waals surface area (Å²) in [5, 5.41) is 8.86.